The van der Waals surface area contributed by atoms with Crippen molar-refractivity contribution in [1.82, 2.24) is 4.98 Å². The number of benzene rings is 1. The Bertz CT molecular complexity index is 487. The Balaban J connectivity index is 2.21. The van der Waals surface area contributed by atoms with Gasteiger partial charge in [-0.05, 0) is 18.2 Å². The van der Waals surface area contributed by atoms with Crippen LogP contribution in [-0.2, 0) is 0 Å². The van der Waals surface area contributed by atoms with E-state index in [1.165, 1.54) is 23.5 Å². The molecule has 0 amide bonds. The largest absolute Gasteiger partial charge is 0.331 e. The molecule has 0 atom stereocenters. The van der Waals surface area contributed by atoms with Gasteiger partial charge in [-0.15, -0.1) is 11.3 Å². The van der Waals surface area contributed by atoms with Crippen LogP contribution in [0.1, 0.15) is 0 Å². The van der Waals surface area contributed by atoms with Gasteiger partial charge in [0.2, 0.25) is 0 Å². The number of aromatic nitrogens is 1. The first-order chi connectivity index (χ1) is 7.15. The highest BCUT2D eigenvalue weighted by Crippen LogP contribution is 2.25. The van der Waals surface area contributed by atoms with Crippen LogP contribution in [0.15, 0.2) is 23.6 Å². The van der Waals surface area contributed by atoms with Crippen molar-refractivity contribution in [2.45, 2.75) is 0 Å². The van der Waals surface area contributed by atoms with Crippen LogP contribution in [-0.4, -0.2) is 4.98 Å². The normalized spacial score (nSPS) is 10.3. The van der Waals surface area contributed by atoms with Gasteiger partial charge < -0.3 is 5.32 Å². The molecule has 0 fully saturated rings. The number of halogens is 3. The lowest BCUT2D eigenvalue weighted by Gasteiger charge is -2.02. The number of hydrogen-bond donors (Lipinski definition) is 1. The average Bonchev–Trinajstić information content (AvgIpc) is 2.58. The Morgan fingerprint density at radius 1 is 1.33 bits per heavy atom. The number of hydrogen-bond acceptors (Lipinski definition) is 3. The predicted molar refractivity (Wildman–Crippen MR) is 61.8 cm³/mol. The Labute approximate surface area is 99.7 Å². The third-order valence-electron chi connectivity index (χ3n) is 1.65. The molecule has 0 saturated heterocycles. The smallest absolute Gasteiger partial charge is 0.188 e. The molecule has 0 aliphatic carbocycles. The number of thiazole rings is 1. The van der Waals surface area contributed by atoms with E-state index in [1.54, 1.807) is 11.4 Å². The summed E-state index contributed by atoms with van der Waals surface area (Å²) in [5.41, 5.74) is 0.586. The van der Waals surface area contributed by atoms with Gasteiger partial charge in [0.25, 0.3) is 0 Å². The van der Waals surface area contributed by atoms with Gasteiger partial charge in [-0.3, -0.25) is 0 Å². The van der Waals surface area contributed by atoms with Gasteiger partial charge in [-0.25, -0.2) is 9.37 Å². The topological polar surface area (TPSA) is 24.9 Å². The zero-order valence-corrected chi connectivity index (χ0v) is 9.63. The van der Waals surface area contributed by atoms with Crippen molar-refractivity contribution < 1.29 is 4.39 Å². The molecular weight excluding hydrogens is 258 g/mol. The van der Waals surface area contributed by atoms with Gasteiger partial charge in [0.1, 0.15) is 11.0 Å². The highest BCUT2D eigenvalue weighted by atomic mass is 35.5. The summed E-state index contributed by atoms with van der Waals surface area (Å²) in [6, 6.07) is 4.45. The van der Waals surface area contributed by atoms with E-state index in [0.717, 1.165) is 0 Å². The van der Waals surface area contributed by atoms with Crippen molar-refractivity contribution in [2.24, 2.45) is 0 Å². The summed E-state index contributed by atoms with van der Waals surface area (Å²) >= 11 is 12.5. The van der Waals surface area contributed by atoms with Crippen LogP contribution in [0.25, 0.3) is 0 Å². The highest BCUT2D eigenvalue weighted by molar-refractivity contribution is 7.14. The van der Waals surface area contributed by atoms with Crippen LogP contribution < -0.4 is 5.32 Å². The van der Waals surface area contributed by atoms with E-state index in [-0.39, 0.29) is 5.02 Å². The van der Waals surface area contributed by atoms with Crippen LogP contribution >= 0.6 is 34.5 Å². The summed E-state index contributed by atoms with van der Waals surface area (Å²) in [7, 11) is 0. The van der Waals surface area contributed by atoms with E-state index in [1.807, 2.05) is 0 Å². The molecule has 2 aromatic rings. The summed E-state index contributed by atoms with van der Waals surface area (Å²) in [5.74, 6) is -0.468. The van der Waals surface area contributed by atoms with Gasteiger partial charge >= 0.3 is 0 Å². The molecule has 0 bridgehead atoms. The van der Waals surface area contributed by atoms with E-state index in [0.29, 0.717) is 16.0 Å². The van der Waals surface area contributed by atoms with Crippen LogP contribution in [0.3, 0.4) is 0 Å². The van der Waals surface area contributed by atoms with Crippen LogP contribution in [0.5, 0.6) is 0 Å². The Kier molecular flexibility index (Phi) is 3.09. The molecule has 0 aliphatic rings. The van der Waals surface area contributed by atoms with E-state index in [4.69, 9.17) is 23.2 Å². The lowest BCUT2D eigenvalue weighted by Crippen LogP contribution is -1.90. The van der Waals surface area contributed by atoms with Gasteiger partial charge in [0.15, 0.2) is 5.13 Å². The van der Waals surface area contributed by atoms with E-state index < -0.39 is 5.82 Å². The maximum atomic E-state index is 13.1. The molecule has 0 saturated carbocycles. The Morgan fingerprint density at radius 2 is 2.13 bits per heavy atom. The zero-order valence-electron chi connectivity index (χ0n) is 7.30. The number of anilines is 2. The first-order valence-electron chi connectivity index (χ1n) is 3.98. The molecule has 15 heavy (non-hydrogen) atoms. The molecule has 1 aromatic heterocycles. The number of nitrogens with one attached hydrogen (secondary N) is 1. The maximum absolute atomic E-state index is 13.1. The first kappa shape index (κ1) is 10.7. The van der Waals surface area contributed by atoms with Crippen LogP contribution in [0, 0.1) is 5.82 Å². The SMILES string of the molecule is Fc1cc(Nc2nc(Cl)cs2)ccc1Cl. The van der Waals surface area contributed by atoms with Crippen molar-refractivity contribution in [3.05, 3.63) is 39.6 Å². The zero-order chi connectivity index (χ0) is 10.8. The summed E-state index contributed by atoms with van der Waals surface area (Å²) in [5, 5.41) is 5.73. The van der Waals surface area contributed by atoms with Crippen LogP contribution in [0.2, 0.25) is 10.2 Å². The highest BCUT2D eigenvalue weighted by Gasteiger charge is 2.03. The monoisotopic (exact) mass is 262 g/mol. The van der Waals surface area contributed by atoms with Crippen LogP contribution in [0.4, 0.5) is 15.2 Å². The van der Waals surface area contributed by atoms with Gasteiger partial charge in [-0.1, -0.05) is 23.2 Å². The minimum Gasteiger partial charge on any atom is -0.331 e. The van der Waals surface area contributed by atoms with Crippen molar-refractivity contribution in [3.8, 4) is 0 Å². The fourth-order valence-corrected chi connectivity index (χ4v) is 1.98. The van der Waals surface area contributed by atoms with Gasteiger partial charge in [0, 0.05) is 11.1 Å². The molecule has 2 nitrogen and oxygen atoms in total. The van der Waals surface area contributed by atoms with E-state index >= 15 is 0 Å². The molecule has 1 aromatic carbocycles. The lowest BCUT2D eigenvalue weighted by molar-refractivity contribution is 0.629. The Hall–Kier alpha value is -0.840. The molecule has 0 aliphatic heterocycles. The van der Waals surface area contributed by atoms with Gasteiger partial charge in [-0.2, -0.15) is 0 Å². The van der Waals surface area contributed by atoms with E-state index in [2.05, 4.69) is 10.3 Å². The predicted octanol–water partition coefficient (Wildman–Crippen LogP) is 4.33. The number of rotatable bonds is 2. The minimum absolute atomic E-state index is 0.0951. The molecule has 78 valence electrons. The first-order valence-corrected chi connectivity index (χ1v) is 5.62. The molecular formula is C9H5Cl2FN2S. The fourth-order valence-electron chi connectivity index (χ4n) is 1.01. The second-order valence-electron chi connectivity index (χ2n) is 2.73. The summed E-state index contributed by atoms with van der Waals surface area (Å²) in [6.07, 6.45) is 0. The number of nitrogens with zero attached hydrogens (tertiary/aromatic N) is 1. The van der Waals surface area contributed by atoms with Crippen molar-refractivity contribution in [1.29, 1.82) is 0 Å². The standard InChI is InChI=1S/C9H5Cl2FN2S/c10-6-2-1-5(3-7(6)12)13-9-14-8(11)4-15-9/h1-4H,(H,13,14). The fraction of sp³-hybridized carbons (Fsp3) is 0. The molecule has 0 radical (unpaired) electrons. The maximum Gasteiger partial charge on any atom is 0.188 e. The van der Waals surface area contributed by atoms with Crippen molar-refractivity contribution >= 4 is 45.4 Å². The minimum atomic E-state index is -0.468. The third-order valence-corrected chi connectivity index (χ3v) is 3.03. The molecule has 2 rings (SSSR count). The second kappa shape index (κ2) is 4.35. The van der Waals surface area contributed by atoms with Gasteiger partial charge in [0.05, 0.1) is 5.02 Å². The molecule has 0 unspecified atom stereocenters. The molecule has 1 heterocycles. The quantitative estimate of drug-likeness (QED) is 0.872. The molecule has 0 spiro atoms. The average molecular weight is 263 g/mol. The Morgan fingerprint density at radius 3 is 2.73 bits per heavy atom. The van der Waals surface area contributed by atoms with E-state index in [9.17, 15) is 4.39 Å². The summed E-state index contributed by atoms with van der Waals surface area (Å²) < 4.78 is 13.1. The lowest BCUT2D eigenvalue weighted by atomic mass is 10.3. The summed E-state index contributed by atoms with van der Waals surface area (Å²) in [6.45, 7) is 0. The molecule has 1 N–H and O–H groups in total. The van der Waals surface area contributed by atoms with Crippen molar-refractivity contribution in [2.75, 3.05) is 5.32 Å². The summed E-state index contributed by atoms with van der Waals surface area (Å²) in [4.78, 5) is 3.98. The molecule has 6 heteroatoms. The third kappa shape index (κ3) is 2.59. The van der Waals surface area contributed by atoms with Crippen molar-refractivity contribution in [3.63, 3.8) is 0 Å². The second-order valence-corrected chi connectivity index (χ2v) is 4.38.